The molecule has 12 nitrogen and oxygen atoms in total. The Bertz CT molecular complexity index is 928. The lowest BCUT2D eigenvalue weighted by Crippen LogP contribution is -2.33. The highest BCUT2D eigenvalue weighted by Gasteiger charge is 2.17. The molecular formula is C26H40N4O8. The molecule has 0 saturated carbocycles. The second kappa shape index (κ2) is 14.8. The third kappa shape index (κ3) is 14.7. The van der Waals surface area contributed by atoms with Crippen LogP contribution in [0, 0.1) is 0 Å². The van der Waals surface area contributed by atoms with Crippen LogP contribution in [0.2, 0.25) is 0 Å². The molecule has 1 rings (SSSR count). The van der Waals surface area contributed by atoms with Crippen LogP contribution in [0.15, 0.2) is 18.2 Å². The Morgan fingerprint density at radius 1 is 0.684 bits per heavy atom. The molecule has 4 amide bonds. The van der Waals surface area contributed by atoms with Gasteiger partial charge in [0.1, 0.15) is 11.2 Å². The molecule has 0 atom stereocenters. The van der Waals surface area contributed by atoms with E-state index in [9.17, 15) is 24.0 Å². The molecule has 0 aliphatic heterocycles. The van der Waals surface area contributed by atoms with Crippen molar-refractivity contribution < 1.29 is 38.2 Å². The summed E-state index contributed by atoms with van der Waals surface area (Å²) in [5.41, 5.74) is -0.509. The standard InChI is InChI=1S/C26H40N4O8/c1-25(2,3)37-23(34)27-12-8-10-20(31)29-18-14-17(22(33)36-7)15-19(16-18)30-21(32)11-9-13-28-24(35)38-26(4,5)6/h14-16H,8-13H2,1-7H3,(H,27,34)(H,28,35)(H,29,31)(H,30,32). The topological polar surface area (TPSA) is 161 Å². The van der Waals surface area contributed by atoms with Crippen molar-refractivity contribution in [1.82, 2.24) is 10.6 Å². The van der Waals surface area contributed by atoms with Crippen molar-refractivity contribution >= 4 is 41.3 Å². The molecule has 0 aliphatic rings. The third-order valence-electron chi connectivity index (χ3n) is 4.42. The lowest BCUT2D eigenvalue weighted by atomic mass is 10.1. The minimum absolute atomic E-state index is 0.102. The van der Waals surface area contributed by atoms with Crippen LogP contribution >= 0.6 is 0 Å². The van der Waals surface area contributed by atoms with Gasteiger partial charge in [0, 0.05) is 37.3 Å². The number of amides is 4. The van der Waals surface area contributed by atoms with Crippen molar-refractivity contribution in [2.24, 2.45) is 0 Å². The van der Waals surface area contributed by atoms with E-state index in [1.54, 1.807) is 41.5 Å². The maximum absolute atomic E-state index is 12.4. The van der Waals surface area contributed by atoms with Crippen LogP contribution in [0.25, 0.3) is 0 Å². The van der Waals surface area contributed by atoms with Gasteiger partial charge in [0.25, 0.3) is 0 Å². The number of esters is 1. The van der Waals surface area contributed by atoms with Crippen LogP contribution < -0.4 is 21.3 Å². The fourth-order valence-corrected chi connectivity index (χ4v) is 2.96. The van der Waals surface area contributed by atoms with E-state index in [2.05, 4.69) is 21.3 Å². The molecule has 0 radical (unpaired) electrons. The van der Waals surface area contributed by atoms with E-state index < -0.39 is 29.4 Å². The highest BCUT2D eigenvalue weighted by Crippen LogP contribution is 2.21. The van der Waals surface area contributed by atoms with E-state index in [0.717, 1.165) is 0 Å². The number of anilines is 2. The molecule has 12 heteroatoms. The Morgan fingerprint density at radius 3 is 1.42 bits per heavy atom. The summed E-state index contributed by atoms with van der Waals surface area (Å²) >= 11 is 0. The average molecular weight is 537 g/mol. The molecule has 0 saturated heterocycles. The second-order valence-electron chi connectivity index (χ2n) is 10.5. The molecule has 38 heavy (non-hydrogen) atoms. The Morgan fingerprint density at radius 2 is 1.08 bits per heavy atom. The minimum atomic E-state index is -0.639. The van der Waals surface area contributed by atoms with Crippen molar-refractivity contribution in [3.8, 4) is 0 Å². The van der Waals surface area contributed by atoms with E-state index in [1.165, 1.54) is 25.3 Å². The Hall–Kier alpha value is -3.83. The first-order chi connectivity index (χ1) is 17.6. The molecular weight excluding hydrogens is 496 g/mol. The number of rotatable bonds is 11. The maximum Gasteiger partial charge on any atom is 0.407 e. The second-order valence-corrected chi connectivity index (χ2v) is 10.5. The third-order valence-corrected chi connectivity index (χ3v) is 4.42. The van der Waals surface area contributed by atoms with Crippen molar-refractivity contribution in [3.05, 3.63) is 23.8 Å². The first-order valence-electron chi connectivity index (χ1n) is 12.3. The predicted octanol–water partition coefficient (Wildman–Crippen LogP) is 3.96. The number of carbonyl (C=O) groups is 5. The van der Waals surface area contributed by atoms with Gasteiger partial charge in [0.15, 0.2) is 0 Å². The van der Waals surface area contributed by atoms with Gasteiger partial charge < -0.3 is 35.5 Å². The highest BCUT2D eigenvalue weighted by atomic mass is 16.6. The van der Waals surface area contributed by atoms with Crippen LogP contribution in [-0.2, 0) is 23.8 Å². The number of nitrogens with one attached hydrogen (secondary N) is 4. The monoisotopic (exact) mass is 536 g/mol. The molecule has 4 N–H and O–H groups in total. The maximum atomic E-state index is 12.4. The summed E-state index contributed by atoms with van der Waals surface area (Å²) in [6.45, 7) is 11.0. The summed E-state index contributed by atoms with van der Waals surface area (Å²) < 4.78 is 15.0. The summed E-state index contributed by atoms with van der Waals surface area (Å²) in [5.74, 6) is -1.33. The van der Waals surface area contributed by atoms with Gasteiger partial charge >= 0.3 is 18.2 Å². The van der Waals surface area contributed by atoms with Crippen LogP contribution in [0.3, 0.4) is 0 Å². The highest BCUT2D eigenvalue weighted by molar-refractivity contribution is 5.98. The van der Waals surface area contributed by atoms with E-state index in [4.69, 9.17) is 14.2 Å². The van der Waals surface area contributed by atoms with Crippen LogP contribution in [0.4, 0.5) is 21.0 Å². The molecule has 0 spiro atoms. The molecule has 0 aliphatic carbocycles. The van der Waals surface area contributed by atoms with Gasteiger partial charge in [0.2, 0.25) is 11.8 Å². The average Bonchev–Trinajstić information content (AvgIpc) is 2.76. The zero-order valence-electron chi connectivity index (χ0n) is 23.2. The Kier molecular flexibility index (Phi) is 12.5. The molecule has 0 unspecified atom stereocenters. The molecule has 0 heterocycles. The summed E-state index contributed by atoms with van der Waals surface area (Å²) in [6, 6.07) is 4.38. The molecule has 0 bridgehead atoms. The quantitative estimate of drug-likeness (QED) is 0.188. The lowest BCUT2D eigenvalue weighted by molar-refractivity contribution is -0.117. The number of benzene rings is 1. The number of alkyl carbamates (subject to hydrolysis) is 2. The van der Waals surface area contributed by atoms with Crippen LogP contribution in [-0.4, -0.2) is 61.4 Å². The van der Waals surface area contributed by atoms with Gasteiger partial charge in [-0.05, 0) is 72.6 Å². The number of hydrogen-bond acceptors (Lipinski definition) is 8. The van der Waals surface area contributed by atoms with E-state index in [-0.39, 0.29) is 43.3 Å². The van der Waals surface area contributed by atoms with Crippen LogP contribution in [0.1, 0.15) is 77.6 Å². The molecule has 1 aromatic carbocycles. The van der Waals surface area contributed by atoms with Crippen LogP contribution in [0.5, 0.6) is 0 Å². The van der Waals surface area contributed by atoms with E-state index >= 15 is 0 Å². The summed E-state index contributed by atoms with van der Waals surface area (Å²) in [7, 11) is 1.22. The minimum Gasteiger partial charge on any atom is -0.465 e. The zero-order chi connectivity index (χ0) is 28.9. The lowest BCUT2D eigenvalue weighted by Gasteiger charge is -2.19. The van der Waals surface area contributed by atoms with Crippen molar-refractivity contribution in [3.63, 3.8) is 0 Å². The summed E-state index contributed by atoms with van der Waals surface area (Å²) in [6.07, 6.45) is -0.199. The fraction of sp³-hybridized carbons (Fsp3) is 0.577. The largest absolute Gasteiger partial charge is 0.465 e. The Balaban J connectivity index is 2.63. The van der Waals surface area contributed by atoms with Crippen molar-refractivity contribution in [2.75, 3.05) is 30.8 Å². The van der Waals surface area contributed by atoms with E-state index in [1.807, 2.05) is 0 Å². The van der Waals surface area contributed by atoms with Gasteiger partial charge in [-0.25, -0.2) is 14.4 Å². The first kappa shape index (κ1) is 32.2. The van der Waals surface area contributed by atoms with E-state index in [0.29, 0.717) is 24.2 Å². The van der Waals surface area contributed by atoms with Crippen molar-refractivity contribution in [1.29, 1.82) is 0 Å². The Labute approximate surface area is 223 Å². The van der Waals surface area contributed by atoms with Crippen molar-refractivity contribution in [2.45, 2.75) is 78.4 Å². The zero-order valence-corrected chi connectivity index (χ0v) is 23.2. The van der Waals surface area contributed by atoms with Gasteiger partial charge in [-0.3, -0.25) is 9.59 Å². The molecule has 0 aromatic heterocycles. The summed E-state index contributed by atoms with van der Waals surface area (Å²) in [4.78, 5) is 60.2. The predicted molar refractivity (Wildman–Crippen MR) is 142 cm³/mol. The number of hydrogen-bond donors (Lipinski definition) is 4. The normalized spacial score (nSPS) is 11.1. The first-order valence-corrected chi connectivity index (χ1v) is 12.3. The SMILES string of the molecule is COC(=O)c1cc(NC(=O)CCCNC(=O)OC(C)(C)C)cc(NC(=O)CCCNC(=O)OC(C)(C)C)c1. The fourth-order valence-electron chi connectivity index (χ4n) is 2.96. The van der Waals surface area contributed by atoms with Gasteiger partial charge in [-0.1, -0.05) is 0 Å². The van der Waals surface area contributed by atoms with Gasteiger partial charge in [-0.2, -0.15) is 0 Å². The summed E-state index contributed by atoms with van der Waals surface area (Å²) in [5, 5.41) is 10.5. The smallest absolute Gasteiger partial charge is 0.407 e. The van der Waals surface area contributed by atoms with Gasteiger partial charge in [-0.15, -0.1) is 0 Å². The number of carbonyl (C=O) groups excluding carboxylic acids is 5. The molecule has 0 fully saturated rings. The number of methoxy groups -OCH3 is 1. The van der Waals surface area contributed by atoms with Gasteiger partial charge in [0.05, 0.1) is 12.7 Å². The number of ether oxygens (including phenoxy) is 3. The molecule has 212 valence electrons. The molecule has 1 aromatic rings.